The second-order valence-electron chi connectivity index (χ2n) is 3.57. The van der Waals surface area contributed by atoms with Crippen molar-refractivity contribution < 1.29 is 0 Å². The molecule has 15 heavy (non-hydrogen) atoms. The first-order valence-electron chi connectivity index (χ1n) is 4.79. The molecule has 0 aliphatic heterocycles. The number of hydrogen-bond acceptors (Lipinski definition) is 1. The van der Waals surface area contributed by atoms with Crippen LogP contribution in [-0.4, -0.2) is 18.0 Å². The molecule has 2 aromatic rings. The lowest BCUT2D eigenvalue weighted by Crippen LogP contribution is -1.72. The summed E-state index contributed by atoms with van der Waals surface area (Å²) < 4.78 is 0. The van der Waals surface area contributed by atoms with Gasteiger partial charge in [0.05, 0.1) is 0 Å². The molecule has 1 aromatic heterocycles. The van der Waals surface area contributed by atoms with Crippen LogP contribution in [0.2, 0.25) is 0 Å². The van der Waals surface area contributed by atoms with Crippen molar-refractivity contribution in [2.45, 2.75) is 13.8 Å². The van der Waals surface area contributed by atoms with E-state index in [2.05, 4.69) is 46.8 Å². The molecule has 0 saturated heterocycles. The molecule has 0 bridgehead atoms. The molecule has 3 nitrogen and oxygen atoms in total. The standard InChI is InChI=1S/C12H13N3/c1-8-4-5-11-10(6-8)9(2)12(15-11)14-7-13-3/h4-7,15H,3H2,1-2H3/b14-7-. The fourth-order valence-corrected chi connectivity index (χ4v) is 1.65. The number of fused-ring (bicyclic) bond motifs is 1. The highest BCUT2D eigenvalue weighted by Crippen LogP contribution is 2.27. The minimum Gasteiger partial charge on any atom is -0.339 e. The van der Waals surface area contributed by atoms with Gasteiger partial charge in [-0.25, -0.2) is 4.99 Å². The maximum atomic E-state index is 4.18. The van der Waals surface area contributed by atoms with Crippen LogP contribution in [0.1, 0.15) is 11.1 Å². The zero-order valence-electron chi connectivity index (χ0n) is 8.91. The highest BCUT2D eigenvalue weighted by atomic mass is 15.0. The van der Waals surface area contributed by atoms with Gasteiger partial charge in [-0.3, -0.25) is 4.99 Å². The first-order valence-corrected chi connectivity index (χ1v) is 4.79. The monoisotopic (exact) mass is 199 g/mol. The van der Waals surface area contributed by atoms with Gasteiger partial charge in [0.1, 0.15) is 12.2 Å². The molecule has 0 radical (unpaired) electrons. The Hall–Kier alpha value is -1.90. The van der Waals surface area contributed by atoms with Crippen LogP contribution in [0.3, 0.4) is 0 Å². The van der Waals surface area contributed by atoms with Crippen molar-refractivity contribution in [1.29, 1.82) is 0 Å². The summed E-state index contributed by atoms with van der Waals surface area (Å²) in [6.45, 7) is 7.49. The minimum absolute atomic E-state index is 0.850. The number of nitrogens with one attached hydrogen (secondary N) is 1. The molecule has 0 unspecified atom stereocenters. The lowest BCUT2D eigenvalue weighted by atomic mass is 10.1. The van der Waals surface area contributed by atoms with Crippen LogP contribution in [0.4, 0.5) is 5.82 Å². The summed E-state index contributed by atoms with van der Waals surface area (Å²) in [5.41, 5.74) is 3.50. The molecular formula is C12H13N3. The van der Waals surface area contributed by atoms with E-state index in [1.807, 2.05) is 6.92 Å². The van der Waals surface area contributed by atoms with Gasteiger partial charge in [0.15, 0.2) is 0 Å². The molecule has 76 valence electrons. The summed E-state index contributed by atoms with van der Waals surface area (Å²) >= 11 is 0. The van der Waals surface area contributed by atoms with Crippen molar-refractivity contribution in [3.05, 3.63) is 29.3 Å². The Labute approximate surface area is 88.6 Å². The number of H-pyrrole nitrogens is 1. The van der Waals surface area contributed by atoms with E-state index in [1.165, 1.54) is 17.3 Å². The average Bonchev–Trinajstić information content (AvgIpc) is 2.53. The zero-order chi connectivity index (χ0) is 10.8. The Kier molecular flexibility index (Phi) is 2.37. The van der Waals surface area contributed by atoms with E-state index in [0.29, 0.717) is 0 Å². The largest absolute Gasteiger partial charge is 0.339 e. The Morgan fingerprint density at radius 2 is 2.13 bits per heavy atom. The van der Waals surface area contributed by atoms with Crippen LogP contribution in [0.25, 0.3) is 10.9 Å². The van der Waals surface area contributed by atoms with E-state index < -0.39 is 0 Å². The van der Waals surface area contributed by atoms with E-state index in [-0.39, 0.29) is 0 Å². The normalized spacial score (nSPS) is 11.3. The van der Waals surface area contributed by atoms with Crippen molar-refractivity contribution in [3.8, 4) is 0 Å². The zero-order valence-corrected chi connectivity index (χ0v) is 8.91. The van der Waals surface area contributed by atoms with Crippen LogP contribution in [0.15, 0.2) is 28.2 Å². The molecule has 1 aromatic carbocycles. The molecule has 0 spiro atoms. The lowest BCUT2D eigenvalue weighted by molar-refractivity contribution is 1.34. The predicted molar refractivity (Wildman–Crippen MR) is 65.5 cm³/mol. The van der Waals surface area contributed by atoms with Crippen molar-refractivity contribution in [1.82, 2.24) is 4.98 Å². The fourth-order valence-electron chi connectivity index (χ4n) is 1.65. The van der Waals surface area contributed by atoms with E-state index in [9.17, 15) is 0 Å². The van der Waals surface area contributed by atoms with Gasteiger partial charge in [-0.05, 0) is 32.7 Å². The van der Waals surface area contributed by atoms with Gasteiger partial charge < -0.3 is 4.98 Å². The summed E-state index contributed by atoms with van der Waals surface area (Å²) in [7, 11) is 0. The second kappa shape index (κ2) is 3.69. The molecule has 0 aliphatic carbocycles. The van der Waals surface area contributed by atoms with E-state index in [4.69, 9.17) is 0 Å². The molecular weight excluding hydrogens is 186 g/mol. The second-order valence-corrected chi connectivity index (χ2v) is 3.57. The third kappa shape index (κ3) is 1.68. The van der Waals surface area contributed by atoms with Crippen LogP contribution in [-0.2, 0) is 0 Å². The SMILES string of the molecule is C=N/C=N\c1[nH]c2ccc(C)cc2c1C. The quantitative estimate of drug-likeness (QED) is 0.570. The van der Waals surface area contributed by atoms with Crippen molar-refractivity contribution in [2.75, 3.05) is 0 Å². The molecule has 0 saturated carbocycles. The highest BCUT2D eigenvalue weighted by molar-refractivity contribution is 5.89. The third-order valence-electron chi connectivity index (χ3n) is 2.46. The summed E-state index contributed by atoms with van der Waals surface area (Å²) in [6, 6.07) is 6.30. The predicted octanol–water partition coefficient (Wildman–Crippen LogP) is 3.15. The number of nitrogens with zero attached hydrogens (tertiary/aromatic N) is 2. The van der Waals surface area contributed by atoms with Gasteiger partial charge in [-0.1, -0.05) is 11.6 Å². The molecule has 0 fully saturated rings. The first-order chi connectivity index (χ1) is 7.22. The third-order valence-corrected chi connectivity index (χ3v) is 2.46. The van der Waals surface area contributed by atoms with Gasteiger partial charge in [-0.15, -0.1) is 0 Å². The van der Waals surface area contributed by atoms with Crippen LogP contribution in [0, 0.1) is 13.8 Å². The summed E-state index contributed by atoms with van der Waals surface area (Å²) in [5, 5.41) is 1.21. The summed E-state index contributed by atoms with van der Waals surface area (Å²) in [6.07, 6.45) is 1.45. The molecule has 1 N–H and O–H groups in total. The summed E-state index contributed by atoms with van der Waals surface area (Å²) in [5.74, 6) is 0.850. The van der Waals surface area contributed by atoms with E-state index in [1.54, 1.807) is 0 Å². The number of hydrogen-bond donors (Lipinski definition) is 1. The maximum absolute atomic E-state index is 4.18. The van der Waals surface area contributed by atoms with Gasteiger partial charge in [-0.2, -0.15) is 0 Å². The number of benzene rings is 1. The molecule has 3 heteroatoms. The van der Waals surface area contributed by atoms with Crippen LogP contribution < -0.4 is 0 Å². The molecule has 0 amide bonds. The maximum Gasteiger partial charge on any atom is 0.135 e. The first kappa shape index (κ1) is 9.65. The Morgan fingerprint density at radius 1 is 1.33 bits per heavy atom. The van der Waals surface area contributed by atoms with Crippen molar-refractivity contribution in [3.63, 3.8) is 0 Å². The molecule has 1 heterocycles. The van der Waals surface area contributed by atoms with Crippen LogP contribution in [0.5, 0.6) is 0 Å². The number of aryl methyl sites for hydroxylation is 2. The fraction of sp³-hybridized carbons (Fsp3) is 0.167. The summed E-state index contributed by atoms with van der Waals surface area (Å²) in [4.78, 5) is 11.0. The van der Waals surface area contributed by atoms with Gasteiger partial charge in [0, 0.05) is 16.5 Å². The van der Waals surface area contributed by atoms with Gasteiger partial charge >= 0.3 is 0 Å². The molecule has 0 atom stereocenters. The van der Waals surface area contributed by atoms with Crippen molar-refractivity contribution >= 4 is 29.8 Å². The number of aromatic amines is 1. The lowest BCUT2D eigenvalue weighted by Gasteiger charge is -1.93. The van der Waals surface area contributed by atoms with Crippen molar-refractivity contribution in [2.24, 2.45) is 9.98 Å². The molecule has 2 rings (SSSR count). The van der Waals surface area contributed by atoms with Gasteiger partial charge in [0.25, 0.3) is 0 Å². The Balaban J connectivity index is 2.64. The van der Waals surface area contributed by atoms with Gasteiger partial charge in [0.2, 0.25) is 0 Å². The Bertz CT molecular complexity index is 535. The topological polar surface area (TPSA) is 40.5 Å². The minimum atomic E-state index is 0.850. The van der Waals surface area contributed by atoms with E-state index in [0.717, 1.165) is 16.9 Å². The number of aromatic nitrogens is 1. The number of rotatable bonds is 2. The average molecular weight is 199 g/mol. The van der Waals surface area contributed by atoms with E-state index >= 15 is 0 Å². The Morgan fingerprint density at radius 3 is 2.87 bits per heavy atom. The molecule has 0 aliphatic rings. The highest BCUT2D eigenvalue weighted by Gasteiger charge is 2.05. The number of aliphatic imine (C=N–C) groups is 2. The smallest absolute Gasteiger partial charge is 0.135 e. The van der Waals surface area contributed by atoms with Crippen LogP contribution >= 0.6 is 0 Å².